The molecule has 0 radical (unpaired) electrons. The first kappa shape index (κ1) is 9.97. The van der Waals surface area contributed by atoms with E-state index in [0.29, 0.717) is 0 Å². The second kappa shape index (κ2) is 4.31. The predicted octanol–water partition coefficient (Wildman–Crippen LogP) is 0.328. The average Bonchev–Trinajstić information content (AvgIpc) is 2.84. The number of hydrogen-bond donors (Lipinski definition) is 2. The molecule has 1 aliphatic rings. The van der Waals surface area contributed by atoms with Gasteiger partial charge >= 0.3 is 5.97 Å². The van der Waals surface area contributed by atoms with E-state index >= 15 is 0 Å². The fourth-order valence-electron chi connectivity index (χ4n) is 1.46. The monoisotopic (exact) mass is 211 g/mol. The first-order valence-electron chi connectivity index (χ1n) is 4.85. The van der Waals surface area contributed by atoms with Crippen molar-refractivity contribution in [2.24, 2.45) is 0 Å². The minimum absolute atomic E-state index is 0.0363. The van der Waals surface area contributed by atoms with Crippen molar-refractivity contribution < 1.29 is 14.3 Å². The highest BCUT2D eigenvalue weighted by Crippen LogP contribution is 2.12. The van der Waals surface area contributed by atoms with Gasteiger partial charge < -0.3 is 15.2 Å². The molecule has 1 aliphatic heterocycles. The van der Waals surface area contributed by atoms with Crippen molar-refractivity contribution in [2.45, 2.75) is 18.9 Å². The number of H-pyrrole nitrogens is 1. The second-order valence-electron chi connectivity index (χ2n) is 3.44. The molecule has 0 saturated carbocycles. The number of aromatic amines is 1. The lowest BCUT2D eigenvalue weighted by Crippen LogP contribution is -2.18. The molecular weight excluding hydrogens is 198 g/mol. The van der Waals surface area contributed by atoms with Gasteiger partial charge in [0.15, 0.2) is 0 Å². The Kier molecular flexibility index (Phi) is 2.86. The topological polar surface area (TPSA) is 90.2 Å². The number of anilines is 1. The number of rotatable bonds is 3. The van der Waals surface area contributed by atoms with Crippen molar-refractivity contribution in [1.29, 1.82) is 0 Å². The summed E-state index contributed by atoms with van der Waals surface area (Å²) in [6.45, 7) is 1.04. The second-order valence-corrected chi connectivity index (χ2v) is 3.44. The van der Waals surface area contributed by atoms with Crippen LogP contribution in [0.2, 0.25) is 0 Å². The highest BCUT2D eigenvalue weighted by atomic mass is 16.6. The molecule has 15 heavy (non-hydrogen) atoms. The van der Waals surface area contributed by atoms with Gasteiger partial charge in [0.05, 0.1) is 6.10 Å². The molecule has 6 nitrogen and oxygen atoms in total. The Hall–Kier alpha value is -1.56. The first-order valence-corrected chi connectivity index (χ1v) is 4.85. The normalized spacial score (nSPS) is 20.4. The third-order valence-corrected chi connectivity index (χ3v) is 2.24. The van der Waals surface area contributed by atoms with Gasteiger partial charge in [-0.2, -0.15) is 5.10 Å². The Bertz CT molecular complexity index is 344. The smallest absolute Gasteiger partial charge is 0.356 e. The molecule has 2 heterocycles. The SMILES string of the molecule is Nc1cc(C(=O)OCC2CCCO2)[nH]n1. The van der Waals surface area contributed by atoms with E-state index < -0.39 is 5.97 Å². The van der Waals surface area contributed by atoms with E-state index in [-0.39, 0.29) is 24.2 Å². The lowest BCUT2D eigenvalue weighted by molar-refractivity contribution is 0.0156. The molecule has 2 rings (SSSR count). The molecule has 0 bridgehead atoms. The third-order valence-electron chi connectivity index (χ3n) is 2.24. The Morgan fingerprint density at radius 3 is 3.27 bits per heavy atom. The Morgan fingerprint density at radius 2 is 2.67 bits per heavy atom. The molecule has 6 heteroatoms. The summed E-state index contributed by atoms with van der Waals surface area (Å²) in [6, 6.07) is 1.44. The average molecular weight is 211 g/mol. The number of nitrogen functional groups attached to an aromatic ring is 1. The van der Waals surface area contributed by atoms with E-state index in [4.69, 9.17) is 15.2 Å². The largest absolute Gasteiger partial charge is 0.458 e. The Balaban J connectivity index is 1.81. The number of carbonyl (C=O) groups is 1. The summed E-state index contributed by atoms with van der Waals surface area (Å²) in [5.74, 6) is -0.172. The van der Waals surface area contributed by atoms with Gasteiger partial charge in [0, 0.05) is 12.7 Å². The first-order chi connectivity index (χ1) is 7.25. The minimum atomic E-state index is -0.449. The summed E-state index contributed by atoms with van der Waals surface area (Å²) in [7, 11) is 0. The summed E-state index contributed by atoms with van der Waals surface area (Å²) in [5, 5.41) is 6.13. The van der Waals surface area contributed by atoms with E-state index in [9.17, 15) is 4.79 Å². The van der Waals surface area contributed by atoms with Gasteiger partial charge in [0.1, 0.15) is 18.1 Å². The number of ether oxygens (including phenoxy) is 2. The quantitative estimate of drug-likeness (QED) is 0.703. The van der Waals surface area contributed by atoms with Crippen LogP contribution in [0.5, 0.6) is 0 Å². The molecule has 3 N–H and O–H groups in total. The molecule has 0 spiro atoms. The van der Waals surface area contributed by atoms with E-state index in [1.807, 2.05) is 0 Å². The van der Waals surface area contributed by atoms with Crippen molar-refractivity contribution in [3.63, 3.8) is 0 Å². The molecule has 0 amide bonds. The maximum atomic E-state index is 11.4. The Morgan fingerprint density at radius 1 is 1.80 bits per heavy atom. The highest BCUT2D eigenvalue weighted by molar-refractivity contribution is 5.87. The van der Waals surface area contributed by atoms with Crippen molar-refractivity contribution in [2.75, 3.05) is 18.9 Å². The van der Waals surface area contributed by atoms with Crippen LogP contribution in [0, 0.1) is 0 Å². The van der Waals surface area contributed by atoms with Crippen LogP contribution < -0.4 is 5.73 Å². The van der Waals surface area contributed by atoms with Crippen LogP contribution in [-0.4, -0.2) is 35.5 Å². The fraction of sp³-hybridized carbons (Fsp3) is 0.556. The molecule has 1 saturated heterocycles. The minimum Gasteiger partial charge on any atom is -0.458 e. The van der Waals surface area contributed by atoms with Crippen LogP contribution in [0.15, 0.2) is 6.07 Å². The zero-order valence-electron chi connectivity index (χ0n) is 8.23. The summed E-state index contributed by atoms with van der Waals surface area (Å²) in [5.41, 5.74) is 5.63. The molecule has 0 aliphatic carbocycles. The van der Waals surface area contributed by atoms with E-state index in [2.05, 4.69) is 10.2 Å². The molecule has 0 aromatic carbocycles. The van der Waals surface area contributed by atoms with Crippen LogP contribution >= 0.6 is 0 Å². The highest BCUT2D eigenvalue weighted by Gasteiger charge is 2.18. The van der Waals surface area contributed by atoms with Crippen molar-refractivity contribution in [3.8, 4) is 0 Å². The summed E-state index contributed by atoms with van der Waals surface area (Å²) >= 11 is 0. The van der Waals surface area contributed by atoms with Crippen molar-refractivity contribution >= 4 is 11.8 Å². The van der Waals surface area contributed by atoms with E-state index in [1.54, 1.807) is 0 Å². The number of carbonyl (C=O) groups excluding carboxylic acids is 1. The van der Waals surface area contributed by atoms with Crippen LogP contribution in [0.25, 0.3) is 0 Å². The maximum Gasteiger partial charge on any atom is 0.356 e. The number of esters is 1. The van der Waals surface area contributed by atoms with Gasteiger partial charge in [-0.3, -0.25) is 5.10 Å². The molecule has 1 unspecified atom stereocenters. The van der Waals surface area contributed by atoms with Gasteiger partial charge in [-0.05, 0) is 12.8 Å². The lowest BCUT2D eigenvalue weighted by atomic mass is 10.2. The summed E-state index contributed by atoms with van der Waals surface area (Å²) in [6.07, 6.45) is 2.01. The van der Waals surface area contributed by atoms with Crippen molar-refractivity contribution in [1.82, 2.24) is 10.2 Å². The lowest BCUT2D eigenvalue weighted by Gasteiger charge is -2.08. The van der Waals surface area contributed by atoms with Gasteiger partial charge in [-0.25, -0.2) is 4.79 Å². The number of nitrogens with two attached hydrogens (primary N) is 1. The van der Waals surface area contributed by atoms with Crippen LogP contribution in [0.1, 0.15) is 23.3 Å². The van der Waals surface area contributed by atoms with Gasteiger partial charge in [0.25, 0.3) is 0 Å². The third kappa shape index (κ3) is 2.47. The zero-order chi connectivity index (χ0) is 10.7. The van der Waals surface area contributed by atoms with Crippen LogP contribution in [0.4, 0.5) is 5.82 Å². The van der Waals surface area contributed by atoms with Gasteiger partial charge in [-0.1, -0.05) is 0 Å². The van der Waals surface area contributed by atoms with Crippen molar-refractivity contribution in [3.05, 3.63) is 11.8 Å². The van der Waals surface area contributed by atoms with E-state index in [0.717, 1.165) is 19.4 Å². The molecule has 1 aromatic rings. The number of hydrogen-bond acceptors (Lipinski definition) is 5. The van der Waals surface area contributed by atoms with Crippen LogP contribution in [0.3, 0.4) is 0 Å². The molecule has 1 aromatic heterocycles. The van der Waals surface area contributed by atoms with Gasteiger partial charge in [-0.15, -0.1) is 0 Å². The summed E-state index contributed by atoms with van der Waals surface area (Å²) in [4.78, 5) is 11.4. The molecule has 1 fully saturated rings. The number of nitrogens with one attached hydrogen (secondary N) is 1. The maximum absolute atomic E-state index is 11.4. The fourth-order valence-corrected chi connectivity index (χ4v) is 1.46. The van der Waals surface area contributed by atoms with Gasteiger partial charge in [0.2, 0.25) is 0 Å². The number of aromatic nitrogens is 2. The number of nitrogens with zero attached hydrogens (tertiary/aromatic N) is 1. The molecule has 1 atom stereocenters. The Labute approximate surface area is 86.7 Å². The predicted molar refractivity (Wildman–Crippen MR) is 52.3 cm³/mol. The molecular formula is C9H13N3O3. The molecule has 82 valence electrons. The summed E-state index contributed by atoms with van der Waals surface area (Å²) < 4.78 is 10.4. The standard InChI is InChI=1S/C9H13N3O3/c10-8-4-7(11-12-8)9(13)15-5-6-2-1-3-14-6/h4,6H,1-3,5H2,(H3,10,11,12). The van der Waals surface area contributed by atoms with E-state index in [1.165, 1.54) is 6.07 Å². The van der Waals surface area contributed by atoms with Crippen LogP contribution in [-0.2, 0) is 9.47 Å². The zero-order valence-corrected chi connectivity index (χ0v) is 8.23.